The summed E-state index contributed by atoms with van der Waals surface area (Å²) in [4.78, 5) is 12.0. The van der Waals surface area contributed by atoms with Gasteiger partial charge in [0.2, 0.25) is 0 Å². The fourth-order valence-corrected chi connectivity index (χ4v) is 2.26. The molecule has 1 fully saturated rings. The van der Waals surface area contributed by atoms with Crippen molar-refractivity contribution < 1.29 is 9.53 Å². The lowest BCUT2D eigenvalue weighted by Crippen LogP contribution is -2.32. The molecule has 1 saturated heterocycles. The second kappa shape index (κ2) is 5.46. The molecule has 4 heteroatoms. The van der Waals surface area contributed by atoms with Crippen molar-refractivity contribution in [1.82, 2.24) is 5.32 Å². The van der Waals surface area contributed by atoms with Gasteiger partial charge in [0.05, 0.1) is 0 Å². The molecule has 0 bridgehead atoms. The second-order valence-corrected chi connectivity index (χ2v) is 5.18. The zero-order valence-corrected chi connectivity index (χ0v) is 10.4. The predicted octanol–water partition coefficient (Wildman–Crippen LogP) is 1.86. The summed E-state index contributed by atoms with van der Waals surface area (Å²) in [6.45, 7) is 1.18. The van der Waals surface area contributed by atoms with E-state index in [0.717, 1.165) is 18.5 Å². The normalized spacial score (nSPS) is 24.3. The molecule has 1 N–H and O–H groups in total. The molecule has 2 atom stereocenters. The highest BCUT2D eigenvalue weighted by atomic mass is 79.9. The summed E-state index contributed by atoms with van der Waals surface area (Å²) in [6.07, 6.45) is 0.799. The van der Waals surface area contributed by atoms with Crippen LogP contribution in [-0.2, 0) is 16.1 Å². The highest BCUT2D eigenvalue weighted by Gasteiger charge is 2.28. The Kier molecular flexibility index (Phi) is 3.96. The Morgan fingerprint density at radius 1 is 1.44 bits per heavy atom. The van der Waals surface area contributed by atoms with Crippen LogP contribution in [0.5, 0.6) is 0 Å². The van der Waals surface area contributed by atoms with Crippen molar-refractivity contribution in [3.8, 4) is 0 Å². The average molecular weight is 284 g/mol. The first-order chi connectivity index (χ1) is 7.75. The SMILES string of the molecule is O=C(OCc1ccccc1)[C@@H]1CC(Br)CN1. The van der Waals surface area contributed by atoms with Crippen LogP contribution in [0.3, 0.4) is 0 Å². The Labute approximate surface area is 103 Å². The van der Waals surface area contributed by atoms with Crippen molar-refractivity contribution >= 4 is 21.9 Å². The molecule has 0 spiro atoms. The average Bonchev–Trinajstić information content (AvgIpc) is 2.74. The van der Waals surface area contributed by atoms with Crippen molar-refractivity contribution in [3.63, 3.8) is 0 Å². The van der Waals surface area contributed by atoms with E-state index in [1.807, 2.05) is 30.3 Å². The number of hydrogen-bond donors (Lipinski definition) is 1. The van der Waals surface area contributed by atoms with Crippen molar-refractivity contribution in [2.45, 2.75) is 23.9 Å². The molecule has 1 heterocycles. The van der Waals surface area contributed by atoms with Crippen LogP contribution in [0.2, 0.25) is 0 Å². The smallest absolute Gasteiger partial charge is 0.323 e. The first-order valence-electron chi connectivity index (χ1n) is 5.34. The summed E-state index contributed by atoms with van der Waals surface area (Å²) in [5.41, 5.74) is 1.02. The van der Waals surface area contributed by atoms with Crippen molar-refractivity contribution in [1.29, 1.82) is 0 Å². The van der Waals surface area contributed by atoms with Gasteiger partial charge in [-0.1, -0.05) is 46.3 Å². The van der Waals surface area contributed by atoms with E-state index < -0.39 is 0 Å². The van der Waals surface area contributed by atoms with Gasteiger partial charge in [0.25, 0.3) is 0 Å². The maximum absolute atomic E-state index is 11.7. The van der Waals surface area contributed by atoms with Crippen LogP contribution in [0, 0.1) is 0 Å². The number of ether oxygens (including phenoxy) is 1. The van der Waals surface area contributed by atoms with E-state index in [1.54, 1.807) is 0 Å². The van der Waals surface area contributed by atoms with Gasteiger partial charge < -0.3 is 10.1 Å². The van der Waals surface area contributed by atoms with Gasteiger partial charge in [0, 0.05) is 11.4 Å². The molecule has 1 aliphatic heterocycles. The molecule has 1 unspecified atom stereocenters. The van der Waals surface area contributed by atoms with Gasteiger partial charge in [-0.05, 0) is 12.0 Å². The van der Waals surface area contributed by atoms with Gasteiger partial charge in [-0.25, -0.2) is 0 Å². The standard InChI is InChI=1S/C12H14BrNO2/c13-10-6-11(14-7-10)12(15)16-8-9-4-2-1-3-5-9/h1-5,10-11,14H,6-8H2/t10?,11-/m0/s1. The molecule has 0 amide bonds. The zero-order valence-electron chi connectivity index (χ0n) is 8.86. The molecule has 0 aromatic heterocycles. The molecule has 1 aromatic rings. The number of hydrogen-bond acceptors (Lipinski definition) is 3. The molecule has 0 radical (unpaired) electrons. The zero-order chi connectivity index (χ0) is 11.4. The van der Waals surface area contributed by atoms with Crippen LogP contribution in [0.25, 0.3) is 0 Å². The number of halogens is 1. The van der Waals surface area contributed by atoms with Gasteiger partial charge in [-0.2, -0.15) is 0 Å². The number of carbonyl (C=O) groups excluding carboxylic acids is 1. The van der Waals surface area contributed by atoms with E-state index in [0.29, 0.717) is 11.4 Å². The lowest BCUT2D eigenvalue weighted by molar-refractivity contribution is -0.147. The Balaban J connectivity index is 1.80. The van der Waals surface area contributed by atoms with Crippen LogP contribution in [-0.4, -0.2) is 23.4 Å². The summed E-state index contributed by atoms with van der Waals surface area (Å²) >= 11 is 3.47. The molecule has 3 nitrogen and oxygen atoms in total. The van der Waals surface area contributed by atoms with E-state index >= 15 is 0 Å². The highest BCUT2D eigenvalue weighted by Crippen LogP contribution is 2.15. The van der Waals surface area contributed by atoms with Gasteiger partial charge in [0.15, 0.2) is 0 Å². The number of rotatable bonds is 3. The van der Waals surface area contributed by atoms with E-state index in [-0.39, 0.29) is 12.0 Å². The molecule has 1 aliphatic rings. The fourth-order valence-electron chi connectivity index (χ4n) is 1.70. The van der Waals surface area contributed by atoms with E-state index in [4.69, 9.17) is 4.74 Å². The molecular weight excluding hydrogens is 270 g/mol. The Bertz CT molecular complexity index is 355. The second-order valence-electron chi connectivity index (χ2n) is 3.89. The first kappa shape index (κ1) is 11.6. The van der Waals surface area contributed by atoms with Crippen molar-refractivity contribution in [3.05, 3.63) is 35.9 Å². The molecular formula is C12H14BrNO2. The minimum atomic E-state index is -0.161. The van der Waals surface area contributed by atoms with E-state index in [9.17, 15) is 4.79 Å². The third kappa shape index (κ3) is 3.06. The first-order valence-corrected chi connectivity index (χ1v) is 6.25. The summed E-state index contributed by atoms with van der Waals surface area (Å²) in [5.74, 6) is -0.161. The topological polar surface area (TPSA) is 38.3 Å². The number of alkyl halides is 1. The number of benzene rings is 1. The van der Waals surface area contributed by atoms with Gasteiger partial charge in [-0.15, -0.1) is 0 Å². The monoisotopic (exact) mass is 283 g/mol. The van der Waals surface area contributed by atoms with Crippen LogP contribution < -0.4 is 5.32 Å². The number of esters is 1. The minimum Gasteiger partial charge on any atom is -0.460 e. The summed E-state index contributed by atoms with van der Waals surface area (Å²) in [5, 5.41) is 3.12. The molecule has 0 aliphatic carbocycles. The molecule has 0 saturated carbocycles. The largest absolute Gasteiger partial charge is 0.460 e. The lowest BCUT2D eigenvalue weighted by atomic mass is 10.2. The van der Waals surface area contributed by atoms with Crippen LogP contribution in [0.4, 0.5) is 0 Å². The third-order valence-electron chi connectivity index (χ3n) is 2.59. The van der Waals surface area contributed by atoms with Crippen LogP contribution in [0.15, 0.2) is 30.3 Å². The summed E-state index contributed by atoms with van der Waals surface area (Å²) in [6, 6.07) is 9.55. The maximum Gasteiger partial charge on any atom is 0.323 e. The summed E-state index contributed by atoms with van der Waals surface area (Å²) < 4.78 is 5.24. The Hall–Kier alpha value is -0.870. The third-order valence-corrected chi connectivity index (χ3v) is 3.28. The summed E-state index contributed by atoms with van der Waals surface area (Å²) in [7, 11) is 0. The minimum absolute atomic E-state index is 0.159. The fraction of sp³-hybridized carbons (Fsp3) is 0.417. The predicted molar refractivity (Wildman–Crippen MR) is 65.4 cm³/mol. The van der Waals surface area contributed by atoms with Crippen LogP contribution in [0.1, 0.15) is 12.0 Å². The van der Waals surface area contributed by atoms with Gasteiger partial charge in [-0.3, -0.25) is 4.79 Å². The van der Waals surface area contributed by atoms with Crippen molar-refractivity contribution in [2.24, 2.45) is 0 Å². The van der Waals surface area contributed by atoms with Crippen LogP contribution >= 0.6 is 15.9 Å². The quantitative estimate of drug-likeness (QED) is 0.680. The number of carbonyl (C=O) groups is 1. The highest BCUT2D eigenvalue weighted by molar-refractivity contribution is 9.09. The molecule has 1 aromatic carbocycles. The lowest BCUT2D eigenvalue weighted by Gasteiger charge is -2.10. The van der Waals surface area contributed by atoms with E-state index in [2.05, 4.69) is 21.2 Å². The number of nitrogens with one attached hydrogen (secondary N) is 1. The van der Waals surface area contributed by atoms with E-state index in [1.165, 1.54) is 0 Å². The molecule has 16 heavy (non-hydrogen) atoms. The molecule has 86 valence electrons. The molecule has 2 rings (SSSR count). The Morgan fingerprint density at radius 3 is 2.81 bits per heavy atom. The van der Waals surface area contributed by atoms with Gasteiger partial charge >= 0.3 is 5.97 Å². The Morgan fingerprint density at radius 2 is 2.19 bits per heavy atom. The van der Waals surface area contributed by atoms with Crippen molar-refractivity contribution in [2.75, 3.05) is 6.54 Å². The maximum atomic E-state index is 11.7. The van der Waals surface area contributed by atoms with Gasteiger partial charge in [0.1, 0.15) is 12.6 Å².